The molecule has 1 heterocycles. The zero-order valence-electron chi connectivity index (χ0n) is 13.6. The van der Waals surface area contributed by atoms with Crippen molar-refractivity contribution in [3.63, 3.8) is 0 Å². The average Bonchev–Trinajstić information content (AvgIpc) is 2.86. The highest BCUT2D eigenvalue weighted by molar-refractivity contribution is 7.92. The predicted molar refractivity (Wildman–Crippen MR) is 86.5 cm³/mol. The van der Waals surface area contributed by atoms with Crippen LogP contribution < -0.4 is 0 Å². The molecule has 140 valence electrons. The summed E-state index contributed by atoms with van der Waals surface area (Å²) in [7, 11) is -4.78. The largest absolute Gasteiger partial charge is 0.341 e. The number of alkyl halides is 2. The Balaban J connectivity index is 2.29. The quantitative estimate of drug-likeness (QED) is 0.684. The number of amides is 1. The van der Waals surface area contributed by atoms with Crippen LogP contribution in [0.25, 0.3) is 0 Å². The number of hydrazine groups is 1. The molecule has 0 aromatic heterocycles. The average molecular weight is 396 g/mol. The minimum Gasteiger partial charge on any atom is -0.268 e. The van der Waals surface area contributed by atoms with Crippen molar-refractivity contribution in [2.24, 2.45) is 0 Å². The molecule has 1 aliphatic rings. The molecule has 0 saturated carbocycles. The van der Waals surface area contributed by atoms with Crippen LogP contribution in [0.15, 0.2) is 29.2 Å². The molecule has 7 nitrogen and oxygen atoms in total. The van der Waals surface area contributed by atoms with Gasteiger partial charge in [-0.2, -0.15) is 8.78 Å². The second-order valence-corrected chi connectivity index (χ2v) is 10.0. The van der Waals surface area contributed by atoms with Crippen LogP contribution in [0.4, 0.5) is 8.78 Å². The van der Waals surface area contributed by atoms with Crippen LogP contribution in [0.1, 0.15) is 16.8 Å². The van der Waals surface area contributed by atoms with E-state index in [0.717, 1.165) is 24.3 Å². The van der Waals surface area contributed by atoms with E-state index in [2.05, 4.69) is 0 Å². The second kappa shape index (κ2) is 6.96. The minimum absolute atomic E-state index is 0.0130. The predicted octanol–water partition coefficient (Wildman–Crippen LogP) is 0.789. The first-order chi connectivity index (χ1) is 11.5. The van der Waals surface area contributed by atoms with Gasteiger partial charge < -0.3 is 0 Å². The molecule has 1 fully saturated rings. The van der Waals surface area contributed by atoms with Crippen molar-refractivity contribution in [3.05, 3.63) is 29.8 Å². The summed E-state index contributed by atoms with van der Waals surface area (Å²) in [5.41, 5.74) is 0.0752. The lowest BCUT2D eigenvalue weighted by atomic mass is 10.1. The summed E-state index contributed by atoms with van der Waals surface area (Å²) in [6, 6.07) is 3.62. The van der Waals surface area contributed by atoms with E-state index < -0.39 is 42.3 Å². The Kier molecular flexibility index (Phi) is 5.50. The molecule has 0 N–H and O–H groups in total. The van der Waals surface area contributed by atoms with Crippen molar-refractivity contribution >= 4 is 25.6 Å². The van der Waals surface area contributed by atoms with E-state index in [0.29, 0.717) is 6.42 Å². The van der Waals surface area contributed by atoms with Crippen LogP contribution in [0.5, 0.6) is 0 Å². The van der Waals surface area contributed by atoms with Gasteiger partial charge in [0.25, 0.3) is 5.91 Å². The number of nitrogens with zero attached hydrogens (tertiary/aromatic N) is 2. The third-order valence-corrected chi connectivity index (χ3v) is 7.01. The Labute approximate surface area is 145 Å². The molecular weight excluding hydrogens is 378 g/mol. The third-order valence-electron chi connectivity index (χ3n) is 3.86. The summed E-state index contributed by atoms with van der Waals surface area (Å²) >= 11 is 0. The van der Waals surface area contributed by atoms with Crippen LogP contribution in [-0.2, 0) is 19.7 Å². The summed E-state index contributed by atoms with van der Waals surface area (Å²) < 4.78 is 71.2. The van der Waals surface area contributed by atoms with Crippen molar-refractivity contribution in [1.29, 1.82) is 0 Å². The summed E-state index contributed by atoms with van der Waals surface area (Å²) in [6.45, 7) is 0. The fourth-order valence-electron chi connectivity index (χ4n) is 2.66. The first-order valence-corrected chi connectivity index (χ1v) is 10.7. The van der Waals surface area contributed by atoms with Crippen molar-refractivity contribution < 1.29 is 30.4 Å². The van der Waals surface area contributed by atoms with E-state index in [1.807, 2.05) is 0 Å². The zero-order valence-corrected chi connectivity index (χ0v) is 15.2. The number of hydrogen-bond acceptors (Lipinski definition) is 6. The van der Waals surface area contributed by atoms with E-state index in [9.17, 15) is 30.4 Å². The number of benzene rings is 1. The van der Waals surface area contributed by atoms with Gasteiger partial charge in [0.05, 0.1) is 22.4 Å². The Morgan fingerprint density at radius 3 is 2.16 bits per heavy atom. The van der Waals surface area contributed by atoms with Crippen LogP contribution in [0.2, 0.25) is 0 Å². The van der Waals surface area contributed by atoms with Crippen molar-refractivity contribution in [2.75, 3.05) is 25.6 Å². The molecule has 25 heavy (non-hydrogen) atoms. The maximum atomic E-state index is 12.7. The molecular formula is C14H18F2N2O5S2. The summed E-state index contributed by atoms with van der Waals surface area (Å²) in [6.07, 6.45) is 0.296. The maximum Gasteiger partial charge on any atom is 0.341 e. The standard InChI is InChI=1S/C14H18F2N2O5S2/c1-17(2)18(11-7-8-24(20,21)9-11)13(19)10-3-5-12(6-4-10)25(22,23)14(15)16/h3-6,11,14H,7-9H2,1-2H3/t11-/m1/s1. The molecule has 1 atom stereocenters. The highest BCUT2D eigenvalue weighted by Crippen LogP contribution is 2.23. The van der Waals surface area contributed by atoms with Gasteiger partial charge in [-0.1, -0.05) is 0 Å². The highest BCUT2D eigenvalue weighted by atomic mass is 32.2. The smallest absolute Gasteiger partial charge is 0.268 e. The monoisotopic (exact) mass is 396 g/mol. The number of sulfone groups is 2. The molecule has 0 spiro atoms. The topological polar surface area (TPSA) is 91.8 Å². The lowest BCUT2D eigenvalue weighted by Gasteiger charge is -2.33. The first-order valence-electron chi connectivity index (χ1n) is 7.29. The molecule has 0 aliphatic carbocycles. The Hall–Kier alpha value is -1.59. The Bertz CT molecular complexity index is 852. The van der Waals surface area contributed by atoms with Gasteiger partial charge >= 0.3 is 5.76 Å². The number of rotatable bonds is 5. The van der Waals surface area contributed by atoms with Crippen molar-refractivity contribution in [2.45, 2.75) is 23.1 Å². The molecule has 1 saturated heterocycles. The summed E-state index contributed by atoms with van der Waals surface area (Å²) in [5.74, 6) is -4.25. The van der Waals surface area contributed by atoms with Crippen LogP contribution in [0, 0.1) is 0 Å². The molecule has 1 aromatic rings. The van der Waals surface area contributed by atoms with Crippen molar-refractivity contribution in [3.8, 4) is 0 Å². The minimum atomic E-state index is -4.73. The fourth-order valence-corrected chi connectivity index (χ4v) is 5.08. The van der Waals surface area contributed by atoms with Crippen LogP contribution in [0.3, 0.4) is 0 Å². The molecule has 0 unspecified atom stereocenters. The van der Waals surface area contributed by atoms with E-state index in [-0.39, 0.29) is 17.1 Å². The van der Waals surface area contributed by atoms with Gasteiger partial charge in [0.2, 0.25) is 9.84 Å². The highest BCUT2D eigenvalue weighted by Gasteiger charge is 2.36. The van der Waals surface area contributed by atoms with Gasteiger partial charge in [-0.15, -0.1) is 0 Å². The van der Waals surface area contributed by atoms with Crippen molar-refractivity contribution in [1.82, 2.24) is 10.0 Å². The van der Waals surface area contributed by atoms with Gasteiger partial charge in [0, 0.05) is 19.7 Å². The number of carbonyl (C=O) groups is 1. The summed E-state index contributed by atoms with van der Waals surface area (Å²) in [5, 5.41) is 2.73. The number of halogens is 2. The van der Waals surface area contributed by atoms with Gasteiger partial charge in [0.15, 0.2) is 9.84 Å². The first kappa shape index (κ1) is 19.7. The molecule has 0 radical (unpaired) electrons. The number of hydrogen-bond donors (Lipinski definition) is 0. The molecule has 0 bridgehead atoms. The van der Waals surface area contributed by atoms with Gasteiger partial charge in [0.1, 0.15) is 0 Å². The van der Waals surface area contributed by atoms with Crippen LogP contribution >= 0.6 is 0 Å². The normalized spacial score (nSPS) is 20.2. The molecule has 1 aromatic carbocycles. The molecule has 1 aliphatic heterocycles. The maximum absolute atomic E-state index is 12.7. The Morgan fingerprint density at radius 2 is 1.76 bits per heavy atom. The van der Waals surface area contributed by atoms with E-state index >= 15 is 0 Å². The third kappa shape index (κ3) is 4.15. The lowest BCUT2D eigenvalue weighted by molar-refractivity contribution is 0.00100. The fraction of sp³-hybridized carbons (Fsp3) is 0.500. The summed E-state index contributed by atoms with van der Waals surface area (Å²) in [4.78, 5) is 12.1. The van der Waals surface area contributed by atoms with Crippen LogP contribution in [-0.4, -0.2) is 70.2 Å². The van der Waals surface area contributed by atoms with E-state index in [1.54, 1.807) is 14.1 Å². The molecule has 11 heteroatoms. The van der Waals surface area contributed by atoms with Gasteiger partial charge in [-0.05, 0) is 30.7 Å². The van der Waals surface area contributed by atoms with Gasteiger partial charge in [-0.3, -0.25) is 9.80 Å². The molecule has 1 amide bonds. The zero-order chi connectivity index (χ0) is 19.0. The van der Waals surface area contributed by atoms with Gasteiger partial charge in [-0.25, -0.2) is 21.8 Å². The van der Waals surface area contributed by atoms with E-state index in [4.69, 9.17) is 0 Å². The SMILES string of the molecule is CN(C)N(C(=O)c1ccc(S(=O)(=O)C(F)F)cc1)[C@@H]1CCS(=O)(=O)C1. The Morgan fingerprint density at radius 1 is 1.20 bits per heavy atom. The number of carbonyl (C=O) groups excluding carboxylic acids is 1. The molecule has 2 rings (SSSR count). The lowest BCUT2D eigenvalue weighted by Crippen LogP contribution is -2.49. The second-order valence-electron chi connectivity index (χ2n) is 5.88. The van der Waals surface area contributed by atoms with E-state index in [1.165, 1.54) is 10.0 Å².